The summed E-state index contributed by atoms with van der Waals surface area (Å²) in [4.78, 5) is 2.46. The van der Waals surface area contributed by atoms with Gasteiger partial charge in [-0.25, -0.2) is 0 Å². The second-order valence-electron chi connectivity index (χ2n) is 3.91. The van der Waals surface area contributed by atoms with E-state index in [4.69, 9.17) is 5.73 Å². The maximum Gasteiger partial charge on any atom is 0.0369 e. The summed E-state index contributed by atoms with van der Waals surface area (Å²) in [6, 6.07) is 6.62. The lowest BCUT2D eigenvalue weighted by atomic mass is 10.1. The summed E-state index contributed by atoms with van der Waals surface area (Å²) in [5.74, 6) is 2.50. The molecule has 0 aliphatic carbocycles. The quantitative estimate of drug-likeness (QED) is 0.830. The van der Waals surface area contributed by atoms with E-state index in [0.717, 1.165) is 0 Å². The highest BCUT2D eigenvalue weighted by molar-refractivity contribution is 7.99. The monoisotopic (exact) mass is 222 g/mol. The predicted molar refractivity (Wildman–Crippen MR) is 68.6 cm³/mol. The van der Waals surface area contributed by atoms with Crippen LogP contribution >= 0.6 is 11.8 Å². The Bertz CT molecular complexity index is 332. The normalized spacial score (nSPS) is 16.8. The Kier molecular flexibility index (Phi) is 3.54. The molecule has 1 aliphatic rings. The molecule has 1 aliphatic heterocycles. The predicted octanol–water partition coefficient (Wildman–Crippen LogP) is 2.01. The van der Waals surface area contributed by atoms with Crippen molar-refractivity contribution in [3.8, 4) is 0 Å². The van der Waals surface area contributed by atoms with E-state index in [0.29, 0.717) is 6.54 Å². The largest absolute Gasteiger partial charge is 0.370 e. The molecule has 1 fully saturated rings. The lowest BCUT2D eigenvalue weighted by molar-refractivity contribution is 0.856. The van der Waals surface area contributed by atoms with Gasteiger partial charge in [0.2, 0.25) is 0 Å². The second kappa shape index (κ2) is 4.90. The number of thioether (sulfide) groups is 1. The third-order valence-electron chi connectivity index (χ3n) is 2.92. The van der Waals surface area contributed by atoms with Crippen molar-refractivity contribution >= 4 is 17.4 Å². The molecule has 82 valence electrons. The van der Waals surface area contributed by atoms with E-state index in [1.54, 1.807) is 0 Å². The van der Waals surface area contributed by atoms with E-state index < -0.39 is 0 Å². The Morgan fingerprint density at radius 3 is 2.67 bits per heavy atom. The van der Waals surface area contributed by atoms with Crippen molar-refractivity contribution in [3.05, 3.63) is 29.3 Å². The Balaban J connectivity index is 2.17. The van der Waals surface area contributed by atoms with Crippen LogP contribution in [0.5, 0.6) is 0 Å². The molecular formula is C12H18N2S. The minimum absolute atomic E-state index is 0.641. The molecule has 2 nitrogen and oxygen atoms in total. The summed E-state index contributed by atoms with van der Waals surface area (Å²) < 4.78 is 0. The smallest absolute Gasteiger partial charge is 0.0369 e. The molecule has 0 amide bonds. The summed E-state index contributed by atoms with van der Waals surface area (Å²) in [6.45, 7) is 5.13. The van der Waals surface area contributed by atoms with Crippen molar-refractivity contribution in [2.45, 2.75) is 13.5 Å². The van der Waals surface area contributed by atoms with Gasteiger partial charge in [0.05, 0.1) is 0 Å². The summed E-state index contributed by atoms with van der Waals surface area (Å²) in [5.41, 5.74) is 9.58. The minimum atomic E-state index is 0.641. The van der Waals surface area contributed by atoms with Gasteiger partial charge in [0.1, 0.15) is 0 Å². The fraction of sp³-hybridized carbons (Fsp3) is 0.500. The standard InChI is InChI=1S/C12H18N2S/c1-10-8-12(3-2-11(10)9-13)14-4-6-15-7-5-14/h2-3,8H,4-7,9,13H2,1H3. The lowest BCUT2D eigenvalue weighted by Crippen LogP contribution is -2.32. The third-order valence-corrected chi connectivity index (χ3v) is 3.86. The number of rotatable bonds is 2. The molecule has 1 heterocycles. The van der Waals surface area contributed by atoms with Gasteiger partial charge < -0.3 is 10.6 Å². The van der Waals surface area contributed by atoms with E-state index in [1.165, 1.54) is 41.4 Å². The van der Waals surface area contributed by atoms with Gasteiger partial charge in [0.25, 0.3) is 0 Å². The molecule has 3 heteroatoms. The number of nitrogens with zero attached hydrogens (tertiary/aromatic N) is 1. The summed E-state index contributed by atoms with van der Waals surface area (Å²) in [5, 5.41) is 0. The van der Waals surface area contributed by atoms with E-state index >= 15 is 0 Å². The van der Waals surface area contributed by atoms with Crippen molar-refractivity contribution in [1.29, 1.82) is 0 Å². The number of hydrogen-bond acceptors (Lipinski definition) is 3. The first-order valence-electron chi connectivity index (χ1n) is 5.43. The van der Waals surface area contributed by atoms with Crippen LogP contribution in [0.4, 0.5) is 5.69 Å². The SMILES string of the molecule is Cc1cc(N2CCSCC2)ccc1CN. The Morgan fingerprint density at radius 1 is 1.33 bits per heavy atom. The van der Waals surface area contributed by atoms with Gasteiger partial charge in [0.15, 0.2) is 0 Å². The highest BCUT2D eigenvalue weighted by Gasteiger charge is 2.11. The highest BCUT2D eigenvalue weighted by atomic mass is 32.2. The molecule has 0 radical (unpaired) electrons. The third kappa shape index (κ3) is 2.47. The number of aryl methyl sites for hydroxylation is 1. The van der Waals surface area contributed by atoms with Gasteiger partial charge >= 0.3 is 0 Å². The topological polar surface area (TPSA) is 29.3 Å². The van der Waals surface area contributed by atoms with Crippen LogP contribution < -0.4 is 10.6 Å². The lowest BCUT2D eigenvalue weighted by Gasteiger charge is -2.29. The molecule has 2 rings (SSSR count). The van der Waals surface area contributed by atoms with Crippen LogP contribution in [0.3, 0.4) is 0 Å². The average Bonchev–Trinajstić information content (AvgIpc) is 2.30. The average molecular weight is 222 g/mol. The summed E-state index contributed by atoms with van der Waals surface area (Å²) in [6.07, 6.45) is 0. The maximum atomic E-state index is 5.66. The molecule has 0 unspecified atom stereocenters. The zero-order valence-electron chi connectivity index (χ0n) is 9.20. The van der Waals surface area contributed by atoms with E-state index in [1.807, 2.05) is 11.8 Å². The van der Waals surface area contributed by atoms with Crippen LogP contribution in [-0.2, 0) is 6.54 Å². The van der Waals surface area contributed by atoms with Crippen LogP contribution in [0, 0.1) is 6.92 Å². The molecule has 2 N–H and O–H groups in total. The van der Waals surface area contributed by atoms with E-state index in [-0.39, 0.29) is 0 Å². The molecule has 0 atom stereocenters. The van der Waals surface area contributed by atoms with Gasteiger partial charge in [-0.1, -0.05) is 6.07 Å². The molecule has 1 aromatic rings. The minimum Gasteiger partial charge on any atom is -0.370 e. The number of benzene rings is 1. The van der Waals surface area contributed by atoms with E-state index in [9.17, 15) is 0 Å². The van der Waals surface area contributed by atoms with Crippen LogP contribution in [-0.4, -0.2) is 24.6 Å². The van der Waals surface area contributed by atoms with Gasteiger partial charge in [-0.15, -0.1) is 0 Å². The first-order chi connectivity index (χ1) is 7.31. The van der Waals surface area contributed by atoms with Crippen LogP contribution in [0.15, 0.2) is 18.2 Å². The zero-order chi connectivity index (χ0) is 10.7. The summed E-state index contributed by atoms with van der Waals surface area (Å²) >= 11 is 2.04. The number of anilines is 1. The van der Waals surface area contributed by atoms with Gasteiger partial charge in [-0.05, 0) is 30.2 Å². The van der Waals surface area contributed by atoms with Crippen LogP contribution in [0.1, 0.15) is 11.1 Å². The van der Waals surface area contributed by atoms with Crippen molar-refractivity contribution in [2.24, 2.45) is 5.73 Å². The molecule has 0 bridgehead atoms. The van der Waals surface area contributed by atoms with E-state index in [2.05, 4.69) is 30.0 Å². The second-order valence-corrected chi connectivity index (χ2v) is 5.14. The summed E-state index contributed by atoms with van der Waals surface area (Å²) in [7, 11) is 0. The zero-order valence-corrected chi connectivity index (χ0v) is 10.0. The van der Waals surface area contributed by atoms with Gasteiger partial charge in [-0.3, -0.25) is 0 Å². The molecule has 15 heavy (non-hydrogen) atoms. The van der Waals surface area contributed by atoms with Crippen molar-refractivity contribution in [2.75, 3.05) is 29.5 Å². The van der Waals surface area contributed by atoms with Crippen LogP contribution in [0.25, 0.3) is 0 Å². The molecular weight excluding hydrogens is 204 g/mol. The van der Waals surface area contributed by atoms with Gasteiger partial charge in [-0.2, -0.15) is 11.8 Å². The Labute approximate surface area is 95.8 Å². The van der Waals surface area contributed by atoms with Gasteiger partial charge in [0, 0.05) is 36.8 Å². The van der Waals surface area contributed by atoms with Crippen LogP contribution in [0.2, 0.25) is 0 Å². The molecule has 0 saturated carbocycles. The Hall–Kier alpha value is -0.670. The fourth-order valence-electron chi connectivity index (χ4n) is 1.93. The molecule has 0 spiro atoms. The number of hydrogen-bond donors (Lipinski definition) is 1. The molecule has 1 aromatic carbocycles. The molecule has 1 saturated heterocycles. The molecule has 0 aromatic heterocycles. The Morgan fingerprint density at radius 2 is 2.07 bits per heavy atom. The van der Waals surface area contributed by atoms with Crippen molar-refractivity contribution in [3.63, 3.8) is 0 Å². The fourth-order valence-corrected chi connectivity index (χ4v) is 2.83. The van der Waals surface area contributed by atoms with Crippen molar-refractivity contribution < 1.29 is 0 Å². The van der Waals surface area contributed by atoms with Crippen molar-refractivity contribution in [1.82, 2.24) is 0 Å². The number of nitrogens with two attached hydrogens (primary N) is 1. The highest BCUT2D eigenvalue weighted by Crippen LogP contribution is 2.22. The maximum absolute atomic E-state index is 5.66. The first-order valence-corrected chi connectivity index (χ1v) is 6.59. The first kappa shape index (κ1) is 10.8.